The number of nitrogens with zero attached hydrogens (tertiary/aromatic N) is 1. The van der Waals surface area contributed by atoms with Crippen molar-refractivity contribution in [1.29, 1.82) is 5.26 Å². The number of halogens is 1. The number of benzene rings is 1. The summed E-state index contributed by atoms with van der Waals surface area (Å²) in [5, 5.41) is 14.7. The number of carbonyl (C=O) groups excluding carboxylic acids is 1. The highest BCUT2D eigenvalue weighted by Gasteiger charge is 2.23. The minimum absolute atomic E-state index is 0.282. The molecule has 2 amide bonds. The van der Waals surface area contributed by atoms with Gasteiger partial charge in [-0.25, -0.2) is 4.79 Å². The Balaban J connectivity index is 2.09. The molecule has 1 saturated carbocycles. The largest absolute Gasteiger partial charge is 0.335 e. The minimum Gasteiger partial charge on any atom is -0.335 e. The minimum atomic E-state index is -0.290. The van der Waals surface area contributed by atoms with Gasteiger partial charge in [-0.15, -0.1) is 0 Å². The van der Waals surface area contributed by atoms with Crippen LogP contribution in [0, 0.1) is 11.3 Å². The van der Waals surface area contributed by atoms with Crippen LogP contribution in [0.5, 0.6) is 0 Å². The molecule has 1 aromatic carbocycles. The summed E-state index contributed by atoms with van der Waals surface area (Å²) in [5.74, 6) is 0. The maximum absolute atomic E-state index is 11.5. The van der Waals surface area contributed by atoms with Gasteiger partial charge in [0.25, 0.3) is 0 Å². The first-order chi connectivity index (χ1) is 7.69. The van der Waals surface area contributed by atoms with Gasteiger partial charge in [0.15, 0.2) is 0 Å². The number of carbonyl (C=O) groups is 1. The summed E-state index contributed by atoms with van der Waals surface area (Å²) in [6, 6.07) is 6.74. The van der Waals surface area contributed by atoms with E-state index in [-0.39, 0.29) is 12.1 Å². The molecule has 0 saturated heterocycles. The van der Waals surface area contributed by atoms with Crippen molar-refractivity contribution in [2.45, 2.75) is 18.9 Å². The van der Waals surface area contributed by atoms with E-state index in [2.05, 4.69) is 10.6 Å². The Morgan fingerprint density at radius 3 is 2.88 bits per heavy atom. The number of urea groups is 1. The first kappa shape index (κ1) is 10.8. The van der Waals surface area contributed by atoms with Gasteiger partial charge in [-0.1, -0.05) is 11.6 Å². The monoisotopic (exact) mass is 235 g/mol. The summed E-state index contributed by atoms with van der Waals surface area (Å²) in [6.45, 7) is 0. The van der Waals surface area contributed by atoms with Crippen molar-refractivity contribution >= 4 is 23.3 Å². The topological polar surface area (TPSA) is 64.9 Å². The van der Waals surface area contributed by atoms with Crippen molar-refractivity contribution < 1.29 is 4.79 Å². The number of hydrogen-bond acceptors (Lipinski definition) is 2. The van der Waals surface area contributed by atoms with Crippen LogP contribution in [0.4, 0.5) is 10.5 Å². The zero-order chi connectivity index (χ0) is 11.5. The number of anilines is 1. The summed E-state index contributed by atoms with van der Waals surface area (Å²) >= 11 is 5.79. The number of nitrogens with one attached hydrogen (secondary N) is 2. The molecule has 1 aliphatic rings. The highest BCUT2D eigenvalue weighted by Crippen LogP contribution is 2.22. The molecule has 2 N–H and O–H groups in total. The summed E-state index contributed by atoms with van der Waals surface area (Å²) in [4.78, 5) is 11.5. The molecule has 0 spiro atoms. The van der Waals surface area contributed by atoms with Gasteiger partial charge in [-0.2, -0.15) is 5.26 Å². The van der Waals surface area contributed by atoms with Crippen LogP contribution >= 0.6 is 11.6 Å². The smallest absolute Gasteiger partial charge is 0.319 e. The van der Waals surface area contributed by atoms with E-state index in [1.807, 2.05) is 6.07 Å². The second kappa shape index (κ2) is 4.42. The average molecular weight is 236 g/mol. The van der Waals surface area contributed by atoms with Crippen LogP contribution in [0.25, 0.3) is 0 Å². The molecule has 0 bridgehead atoms. The fraction of sp³-hybridized carbons (Fsp3) is 0.273. The fourth-order valence-electron chi connectivity index (χ4n) is 1.29. The van der Waals surface area contributed by atoms with E-state index < -0.39 is 0 Å². The van der Waals surface area contributed by atoms with E-state index in [0.29, 0.717) is 16.3 Å². The van der Waals surface area contributed by atoms with E-state index in [0.717, 1.165) is 12.8 Å². The van der Waals surface area contributed by atoms with Crippen molar-refractivity contribution in [3.8, 4) is 6.07 Å². The molecule has 1 aliphatic carbocycles. The lowest BCUT2D eigenvalue weighted by Gasteiger charge is -2.08. The lowest BCUT2D eigenvalue weighted by molar-refractivity contribution is 0.251. The number of amides is 2. The first-order valence-electron chi connectivity index (χ1n) is 4.96. The number of nitriles is 1. The Kier molecular flexibility index (Phi) is 2.97. The van der Waals surface area contributed by atoms with Gasteiger partial charge in [-0.3, -0.25) is 0 Å². The predicted octanol–water partition coefficient (Wildman–Crippen LogP) is 2.50. The van der Waals surface area contributed by atoms with E-state index in [4.69, 9.17) is 16.9 Å². The summed E-state index contributed by atoms with van der Waals surface area (Å²) in [5.41, 5.74) is 0.837. The van der Waals surface area contributed by atoms with Crippen LogP contribution in [0.3, 0.4) is 0 Å². The molecule has 2 rings (SSSR count). The fourth-order valence-corrected chi connectivity index (χ4v) is 1.46. The van der Waals surface area contributed by atoms with Crippen molar-refractivity contribution in [2.24, 2.45) is 0 Å². The zero-order valence-corrected chi connectivity index (χ0v) is 9.21. The van der Waals surface area contributed by atoms with Gasteiger partial charge in [0, 0.05) is 11.1 Å². The quantitative estimate of drug-likeness (QED) is 0.827. The Labute approximate surface area is 98.2 Å². The van der Waals surface area contributed by atoms with Gasteiger partial charge < -0.3 is 10.6 Å². The molecular weight excluding hydrogens is 226 g/mol. The molecular formula is C11H10ClN3O. The summed E-state index contributed by atoms with van der Waals surface area (Å²) in [7, 11) is 0. The molecule has 0 radical (unpaired) electrons. The van der Waals surface area contributed by atoms with Crippen LogP contribution in [0.1, 0.15) is 18.4 Å². The second-order valence-corrected chi connectivity index (χ2v) is 4.11. The number of hydrogen-bond donors (Lipinski definition) is 2. The maximum Gasteiger partial charge on any atom is 0.319 e. The second-order valence-electron chi connectivity index (χ2n) is 3.67. The Bertz CT molecular complexity index is 463. The third-order valence-corrected chi connectivity index (χ3v) is 2.50. The van der Waals surface area contributed by atoms with Gasteiger partial charge >= 0.3 is 6.03 Å². The standard InChI is InChI=1S/C11H10ClN3O/c12-8-2-1-7(6-13)10(5-8)15-11(16)14-9-3-4-9/h1-2,5,9H,3-4H2,(H2,14,15,16). The Morgan fingerprint density at radius 1 is 1.50 bits per heavy atom. The predicted molar refractivity (Wildman–Crippen MR) is 61.3 cm³/mol. The zero-order valence-electron chi connectivity index (χ0n) is 8.46. The molecule has 5 heteroatoms. The van der Waals surface area contributed by atoms with Crippen molar-refractivity contribution in [3.05, 3.63) is 28.8 Å². The van der Waals surface area contributed by atoms with E-state index in [9.17, 15) is 4.79 Å². The normalized spacial score (nSPS) is 14.0. The van der Waals surface area contributed by atoms with Crippen molar-refractivity contribution in [2.75, 3.05) is 5.32 Å². The van der Waals surface area contributed by atoms with Gasteiger partial charge in [0.2, 0.25) is 0 Å². The molecule has 0 aromatic heterocycles. The molecule has 1 fully saturated rings. The Morgan fingerprint density at radius 2 is 2.25 bits per heavy atom. The van der Waals surface area contributed by atoms with E-state index >= 15 is 0 Å². The molecule has 0 heterocycles. The van der Waals surface area contributed by atoms with Crippen molar-refractivity contribution in [1.82, 2.24) is 5.32 Å². The van der Waals surface area contributed by atoms with Crippen LogP contribution in [-0.4, -0.2) is 12.1 Å². The third kappa shape index (κ3) is 2.65. The highest BCUT2D eigenvalue weighted by molar-refractivity contribution is 6.31. The first-order valence-corrected chi connectivity index (χ1v) is 5.34. The highest BCUT2D eigenvalue weighted by atomic mass is 35.5. The van der Waals surface area contributed by atoms with Crippen LogP contribution < -0.4 is 10.6 Å². The van der Waals surface area contributed by atoms with Gasteiger partial charge in [-0.05, 0) is 31.0 Å². The third-order valence-electron chi connectivity index (χ3n) is 2.26. The lowest BCUT2D eigenvalue weighted by Crippen LogP contribution is -2.30. The number of rotatable bonds is 2. The van der Waals surface area contributed by atoms with E-state index in [1.165, 1.54) is 0 Å². The van der Waals surface area contributed by atoms with Crippen LogP contribution in [0.15, 0.2) is 18.2 Å². The molecule has 0 unspecified atom stereocenters. The lowest BCUT2D eigenvalue weighted by atomic mass is 10.2. The van der Waals surface area contributed by atoms with Gasteiger partial charge in [0.05, 0.1) is 11.3 Å². The summed E-state index contributed by atoms with van der Waals surface area (Å²) < 4.78 is 0. The Hall–Kier alpha value is -1.73. The van der Waals surface area contributed by atoms with Gasteiger partial charge in [0.1, 0.15) is 6.07 Å². The SMILES string of the molecule is N#Cc1ccc(Cl)cc1NC(=O)NC1CC1. The van der Waals surface area contributed by atoms with Crippen molar-refractivity contribution in [3.63, 3.8) is 0 Å². The van der Waals surface area contributed by atoms with E-state index in [1.54, 1.807) is 18.2 Å². The van der Waals surface area contributed by atoms with Crippen LogP contribution in [-0.2, 0) is 0 Å². The molecule has 0 atom stereocenters. The van der Waals surface area contributed by atoms with Crippen LogP contribution in [0.2, 0.25) is 5.02 Å². The average Bonchev–Trinajstić information content (AvgIpc) is 3.02. The molecule has 1 aromatic rings. The summed E-state index contributed by atoms with van der Waals surface area (Å²) in [6.07, 6.45) is 2.04. The molecule has 4 nitrogen and oxygen atoms in total. The molecule has 82 valence electrons. The maximum atomic E-state index is 11.5. The molecule has 0 aliphatic heterocycles. The molecule has 16 heavy (non-hydrogen) atoms.